The van der Waals surface area contributed by atoms with Gasteiger partial charge in [0.25, 0.3) is 5.91 Å². The standard InChI is InChI=1S/C10H16N2O2/c1-8-4-7-14-9(8)10(13)11-5-6-12(2)3/h4,7H,5-6H2,1-3H3,(H,11,13). The first-order valence-electron chi connectivity index (χ1n) is 4.58. The minimum Gasteiger partial charge on any atom is -0.459 e. The van der Waals surface area contributed by atoms with Crippen LogP contribution in [0.2, 0.25) is 0 Å². The Balaban J connectivity index is 2.40. The highest BCUT2D eigenvalue weighted by molar-refractivity contribution is 5.92. The molecule has 0 atom stereocenters. The predicted molar refractivity (Wildman–Crippen MR) is 54.3 cm³/mol. The first-order valence-corrected chi connectivity index (χ1v) is 4.58. The number of carbonyl (C=O) groups is 1. The maximum atomic E-state index is 11.5. The Bertz CT molecular complexity index is 305. The summed E-state index contributed by atoms with van der Waals surface area (Å²) in [7, 11) is 3.93. The molecule has 78 valence electrons. The van der Waals surface area contributed by atoms with Crippen molar-refractivity contribution in [3.63, 3.8) is 0 Å². The Labute approximate surface area is 83.9 Å². The lowest BCUT2D eigenvalue weighted by Gasteiger charge is -2.09. The van der Waals surface area contributed by atoms with Gasteiger partial charge >= 0.3 is 0 Å². The fraction of sp³-hybridized carbons (Fsp3) is 0.500. The Hall–Kier alpha value is -1.29. The summed E-state index contributed by atoms with van der Waals surface area (Å²) in [4.78, 5) is 13.5. The van der Waals surface area contributed by atoms with Gasteiger partial charge in [-0.2, -0.15) is 0 Å². The normalized spacial score (nSPS) is 10.6. The summed E-state index contributed by atoms with van der Waals surface area (Å²) in [5.74, 6) is 0.262. The molecule has 0 spiro atoms. The van der Waals surface area contributed by atoms with Crippen LogP contribution in [0.15, 0.2) is 16.7 Å². The number of hydrogen-bond donors (Lipinski definition) is 1. The van der Waals surface area contributed by atoms with Gasteiger partial charge in [-0.3, -0.25) is 4.79 Å². The average Bonchev–Trinajstić information content (AvgIpc) is 2.50. The summed E-state index contributed by atoms with van der Waals surface area (Å²) in [5.41, 5.74) is 0.868. The van der Waals surface area contributed by atoms with E-state index < -0.39 is 0 Å². The molecule has 1 aromatic heterocycles. The van der Waals surface area contributed by atoms with Crippen molar-refractivity contribution in [3.8, 4) is 0 Å². The topological polar surface area (TPSA) is 45.5 Å². The Morgan fingerprint density at radius 1 is 1.57 bits per heavy atom. The lowest BCUT2D eigenvalue weighted by Crippen LogP contribution is -2.31. The summed E-state index contributed by atoms with van der Waals surface area (Å²) >= 11 is 0. The zero-order chi connectivity index (χ0) is 10.6. The number of furan rings is 1. The number of carbonyl (C=O) groups excluding carboxylic acids is 1. The molecule has 0 bridgehead atoms. The zero-order valence-corrected chi connectivity index (χ0v) is 8.83. The van der Waals surface area contributed by atoms with Crippen molar-refractivity contribution in [2.24, 2.45) is 0 Å². The summed E-state index contributed by atoms with van der Waals surface area (Å²) in [6, 6.07) is 1.78. The number of nitrogens with one attached hydrogen (secondary N) is 1. The Kier molecular flexibility index (Phi) is 3.71. The molecule has 0 radical (unpaired) electrons. The van der Waals surface area contributed by atoms with E-state index in [1.165, 1.54) is 6.26 Å². The second kappa shape index (κ2) is 4.81. The molecule has 0 unspecified atom stereocenters. The predicted octanol–water partition coefficient (Wildman–Crippen LogP) is 0.879. The molecule has 1 rings (SSSR count). The Morgan fingerprint density at radius 2 is 2.29 bits per heavy atom. The molecule has 0 aliphatic heterocycles. The molecule has 14 heavy (non-hydrogen) atoms. The van der Waals surface area contributed by atoms with Crippen LogP contribution < -0.4 is 5.32 Å². The molecule has 0 saturated carbocycles. The largest absolute Gasteiger partial charge is 0.459 e. The molecule has 1 aromatic rings. The van der Waals surface area contributed by atoms with Crippen LogP contribution in [0, 0.1) is 6.92 Å². The molecular formula is C10H16N2O2. The fourth-order valence-corrected chi connectivity index (χ4v) is 1.08. The van der Waals surface area contributed by atoms with E-state index in [-0.39, 0.29) is 5.91 Å². The molecule has 1 N–H and O–H groups in total. The van der Waals surface area contributed by atoms with Gasteiger partial charge in [-0.05, 0) is 27.1 Å². The van der Waals surface area contributed by atoms with Gasteiger partial charge in [0.15, 0.2) is 5.76 Å². The van der Waals surface area contributed by atoms with Crippen LogP contribution in [0.25, 0.3) is 0 Å². The third-order valence-corrected chi connectivity index (χ3v) is 1.91. The molecule has 0 fully saturated rings. The van der Waals surface area contributed by atoms with Crippen molar-refractivity contribution in [2.45, 2.75) is 6.92 Å². The molecular weight excluding hydrogens is 180 g/mol. The first kappa shape index (κ1) is 10.8. The van der Waals surface area contributed by atoms with E-state index >= 15 is 0 Å². The molecule has 1 heterocycles. The maximum Gasteiger partial charge on any atom is 0.287 e. The minimum atomic E-state index is -0.144. The smallest absolute Gasteiger partial charge is 0.287 e. The van der Waals surface area contributed by atoms with Crippen molar-refractivity contribution >= 4 is 5.91 Å². The van der Waals surface area contributed by atoms with Crippen molar-refractivity contribution in [2.75, 3.05) is 27.2 Å². The molecule has 4 nitrogen and oxygen atoms in total. The van der Waals surface area contributed by atoms with E-state index in [1.807, 2.05) is 25.9 Å². The highest BCUT2D eigenvalue weighted by atomic mass is 16.3. The number of rotatable bonds is 4. The monoisotopic (exact) mass is 196 g/mol. The highest BCUT2D eigenvalue weighted by Crippen LogP contribution is 2.07. The van der Waals surface area contributed by atoms with Gasteiger partial charge in [-0.1, -0.05) is 0 Å². The third kappa shape index (κ3) is 2.88. The lowest BCUT2D eigenvalue weighted by atomic mass is 10.3. The maximum absolute atomic E-state index is 11.5. The lowest BCUT2D eigenvalue weighted by molar-refractivity contribution is 0.0922. The minimum absolute atomic E-state index is 0.144. The van der Waals surface area contributed by atoms with Crippen LogP contribution in [-0.4, -0.2) is 38.0 Å². The van der Waals surface area contributed by atoms with Crippen LogP contribution >= 0.6 is 0 Å². The van der Waals surface area contributed by atoms with Crippen molar-refractivity contribution in [1.82, 2.24) is 10.2 Å². The van der Waals surface area contributed by atoms with Crippen LogP contribution in [0.4, 0.5) is 0 Å². The van der Waals surface area contributed by atoms with E-state index in [9.17, 15) is 4.79 Å². The molecule has 1 amide bonds. The highest BCUT2D eigenvalue weighted by Gasteiger charge is 2.11. The van der Waals surface area contributed by atoms with Crippen LogP contribution in [0.3, 0.4) is 0 Å². The van der Waals surface area contributed by atoms with E-state index in [0.717, 1.165) is 12.1 Å². The van der Waals surface area contributed by atoms with Crippen LogP contribution in [-0.2, 0) is 0 Å². The van der Waals surface area contributed by atoms with Crippen molar-refractivity contribution in [3.05, 3.63) is 23.7 Å². The molecule has 4 heteroatoms. The SMILES string of the molecule is Cc1ccoc1C(=O)NCCN(C)C. The van der Waals surface area contributed by atoms with Gasteiger partial charge in [0, 0.05) is 18.7 Å². The first-order chi connectivity index (χ1) is 6.61. The van der Waals surface area contributed by atoms with Crippen LogP contribution in [0.5, 0.6) is 0 Å². The van der Waals surface area contributed by atoms with Gasteiger partial charge in [0.1, 0.15) is 0 Å². The van der Waals surface area contributed by atoms with E-state index in [2.05, 4.69) is 5.32 Å². The summed E-state index contributed by atoms with van der Waals surface area (Å²) in [5, 5.41) is 2.78. The molecule has 0 aliphatic carbocycles. The fourth-order valence-electron chi connectivity index (χ4n) is 1.08. The number of aryl methyl sites for hydroxylation is 1. The zero-order valence-electron chi connectivity index (χ0n) is 8.83. The number of nitrogens with zero attached hydrogens (tertiary/aromatic N) is 1. The van der Waals surface area contributed by atoms with Gasteiger partial charge in [-0.25, -0.2) is 0 Å². The number of amides is 1. The van der Waals surface area contributed by atoms with Crippen molar-refractivity contribution < 1.29 is 9.21 Å². The van der Waals surface area contributed by atoms with Gasteiger partial charge in [-0.15, -0.1) is 0 Å². The van der Waals surface area contributed by atoms with Gasteiger partial charge in [0.2, 0.25) is 0 Å². The third-order valence-electron chi connectivity index (χ3n) is 1.91. The second-order valence-corrected chi connectivity index (χ2v) is 3.49. The average molecular weight is 196 g/mol. The van der Waals surface area contributed by atoms with Crippen molar-refractivity contribution in [1.29, 1.82) is 0 Å². The Morgan fingerprint density at radius 3 is 2.79 bits per heavy atom. The molecule has 0 aromatic carbocycles. The molecule has 0 aliphatic rings. The van der Waals surface area contributed by atoms with E-state index in [4.69, 9.17) is 4.42 Å². The number of hydrogen-bond acceptors (Lipinski definition) is 3. The molecule has 0 saturated heterocycles. The summed E-state index contributed by atoms with van der Waals surface area (Å²) in [6.45, 7) is 3.31. The van der Waals surface area contributed by atoms with E-state index in [0.29, 0.717) is 12.3 Å². The van der Waals surface area contributed by atoms with Gasteiger partial charge in [0.05, 0.1) is 6.26 Å². The van der Waals surface area contributed by atoms with E-state index in [1.54, 1.807) is 6.07 Å². The second-order valence-electron chi connectivity index (χ2n) is 3.49. The number of likely N-dealkylation sites (N-methyl/N-ethyl adjacent to an activating group) is 1. The summed E-state index contributed by atoms with van der Waals surface area (Å²) in [6.07, 6.45) is 1.52. The van der Waals surface area contributed by atoms with Crippen LogP contribution in [0.1, 0.15) is 16.1 Å². The quantitative estimate of drug-likeness (QED) is 0.777. The summed E-state index contributed by atoms with van der Waals surface area (Å²) < 4.78 is 5.06. The van der Waals surface area contributed by atoms with Gasteiger partial charge < -0.3 is 14.6 Å².